The Bertz CT molecular complexity index is 294. The molecular formula is C12H21F3N2O3. The lowest BCUT2D eigenvalue weighted by molar-refractivity contribution is -0.149. The highest BCUT2D eigenvalue weighted by molar-refractivity contribution is 5.78. The van der Waals surface area contributed by atoms with E-state index in [-0.39, 0.29) is 32.2 Å². The van der Waals surface area contributed by atoms with Crippen LogP contribution in [-0.2, 0) is 9.53 Å². The van der Waals surface area contributed by atoms with E-state index < -0.39 is 18.6 Å². The van der Waals surface area contributed by atoms with Gasteiger partial charge in [0, 0.05) is 32.4 Å². The zero-order valence-electron chi connectivity index (χ0n) is 11.3. The number of rotatable bonds is 7. The van der Waals surface area contributed by atoms with Crippen molar-refractivity contribution < 1.29 is 27.8 Å². The summed E-state index contributed by atoms with van der Waals surface area (Å²) >= 11 is 0. The van der Waals surface area contributed by atoms with Crippen LogP contribution in [0.15, 0.2) is 0 Å². The third-order valence-electron chi connectivity index (χ3n) is 2.99. The van der Waals surface area contributed by atoms with Gasteiger partial charge in [0.2, 0.25) is 5.91 Å². The van der Waals surface area contributed by atoms with E-state index >= 15 is 0 Å². The molecule has 8 heteroatoms. The lowest BCUT2D eigenvalue weighted by Crippen LogP contribution is -2.46. The zero-order chi connectivity index (χ0) is 15.0. The fourth-order valence-electron chi connectivity index (χ4n) is 2.08. The van der Waals surface area contributed by atoms with Gasteiger partial charge in [-0.05, 0) is 19.3 Å². The van der Waals surface area contributed by atoms with Gasteiger partial charge in [0.15, 0.2) is 0 Å². The molecule has 0 atom stereocenters. The minimum atomic E-state index is -4.35. The Morgan fingerprint density at radius 3 is 2.55 bits per heavy atom. The molecule has 0 aromatic heterocycles. The molecule has 1 amide bonds. The van der Waals surface area contributed by atoms with Crippen molar-refractivity contribution in [2.45, 2.75) is 31.5 Å². The van der Waals surface area contributed by atoms with Crippen LogP contribution in [0.2, 0.25) is 0 Å². The molecule has 1 aliphatic rings. The number of aliphatic hydroxyl groups is 1. The predicted octanol–water partition coefficient (Wildman–Crippen LogP) is 0.528. The Balaban J connectivity index is 2.39. The highest BCUT2D eigenvalue weighted by atomic mass is 19.4. The summed E-state index contributed by atoms with van der Waals surface area (Å²) in [5.41, 5.74) is 0. The number of alkyl halides is 3. The van der Waals surface area contributed by atoms with Crippen LogP contribution in [0, 0.1) is 0 Å². The minimum Gasteiger partial charge on any atom is -0.396 e. The maximum Gasteiger partial charge on any atom is 0.401 e. The van der Waals surface area contributed by atoms with E-state index in [1.807, 2.05) is 0 Å². The van der Waals surface area contributed by atoms with Gasteiger partial charge in [-0.25, -0.2) is 0 Å². The van der Waals surface area contributed by atoms with Gasteiger partial charge in [-0.15, -0.1) is 0 Å². The second-order valence-corrected chi connectivity index (χ2v) is 4.86. The van der Waals surface area contributed by atoms with Gasteiger partial charge in [-0.1, -0.05) is 0 Å². The molecule has 0 aromatic rings. The smallest absolute Gasteiger partial charge is 0.396 e. The number of nitrogens with one attached hydrogen (secondary N) is 1. The molecule has 118 valence electrons. The number of ether oxygens (including phenoxy) is 1. The van der Waals surface area contributed by atoms with Crippen molar-refractivity contribution in [2.24, 2.45) is 0 Å². The highest BCUT2D eigenvalue weighted by Gasteiger charge is 2.31. The molecule has 0 unspecified atom stereocenters. The molecule has 1 saturated heterocycles. The van der Waals surface area contributed by atoms with Crippen molar-refractivity contribution in [3.63, 3.8) is 0 Å². The standard InChI is InChI=1S/C12H21F3N2O3/c13-12(14,15)9-17(4-1-5-18)8-11(19)16-10-2-6-20-7-3-10/h10,18H,1-9H2,(H,16,19). The summed E-state index contributed by atoms with van der Waals surface area (Å²) in [5, 5.41) is 11.4. The minimum absolute atomic E-state index is 0.0261. The lowest BCUT2D eigenvalue weighted by atomic mass is 10.1. The van der Waals surface area contributed by atoms with Gasteiger partial charge in [0.05, 0.1) is 13.1 Å². The summed E-state index contributed by atoms with van der Waals surface area (Å²) in [6.45, 7) is -0.498. The normalized spacial score (nSPS) is 17.4. The molecule has 20 heavy (non-hydrogen) atoms. The molecule has 0 radical (unpaired) electrons. The number of halogens is 3. The molecule has 2 N–H and O–H groups in total. The fourth-order valence-corrected chi connectivity index (χ4v) is 2.08. The highest BCUT2D eigenvalue weighted by Crippen LogP contribution is 2.16. The quantitative estimate of drug-likeness (QED) is 0.720. The van der Waals surface area contributed by atoms with E-state index in [0.717, 1.165) is 4.90 Å². The largest absolute Gasteiger partial charge is 0.401 e. The topological polar surface area (TPSA) is 61.8 Å². The van der Waals surface area contributed by atoms with Crippen LogP contribution >= 0.6 is 0 Å². The summed E-state index contributed by atoms with van der Waals surface area (Å²) in [6, 6.07) is -0.0261. The molecule has 1 aliphatic heterocycles. The average molecular weight is 298 g/mol. The number of carbonyl (C=O) groups excluding carboxylic acids is 1. The number of nitrogens with zero attached hydrogens (tertiary/aromatic N) is 1. The Morgan fingerprint density at radius 2 is 2.00 bits per heavy atom. The van der Waals surface area contributed by atoms with E-state index in [1.165, 1.54) is 0 Å². The van der Waals surface area contributed by atoms with Gasteiger partial charge in [-0.2, -0.15) is 13.2 Å². The molecule has 5 nitrogen and oxygen atoms in total. The molecule has 0 saturated carbocycles. The van der Waals surface area contributed by atoms with Crippen LogP contribution in [0.25, 0.3) is 0 Å². The van der Waals surface area contributed by atoms with Crippen LogP contribution in [0.5, 0.6) is 0 Å². The Kier molecular flexibility index (Phi) is 7.25. The third-order valence-corrected chi connectivity index (χ3v) is 2.99. The summed E-state index contributed by atoms with van der Waals surface area (Å²) in [4.78, 5) is 12.8. The summed E-state index contributed by atoms with van der Waals surface area (Å²) in [5.74, 6) is -0.418. The molecular weight excluding hydrogens is 277 g/mol. The van der Waals surface area contributed by atoms with Crippen molar-refractivity contribution in [2.75, 3.05) is 39.5 Å². The van der Waals surface area contributed by atoms with Crippen molar-refractivity contribution in [1.29, 1.82) is 0 Å². The predicted molar refractivity (Wildman–Crippen MR) is 66.2 cm³/mol. The van der Waals surface area contributed by atoms with E-state index in [4.69, 9.17) is 9.84 Å². The van der Waals surface area contributed by atoms with Gasteiger partial charge in [0.1, 0.15) is 0 Å². The van der Waals surface area contributed by atoms with Gasteiger partial charge >= 0.3 is 6.18 Å². The van der Waals surface area contributed by atoms with Crippen molar-refractivity contribution in [1.82, 2.24) is 10.2 Å². The van der Waals surface area contributed by atoms with Crippen LogP contribution in [0.3, 0.4) is 0 Å². The summed E-state index contributed by atoms with van der Waals surface area (Å²) in [6.07, 6.45) is -2.78. The molecule has 0 bridgehead atoms. The first-order valence-electron chi connectivity index (χ1n) is 6.68. The lowest BCUT2D eigenvalue weighted by Gasteiger charge is -2.26. The fraction of sp³-hybridized carbons (Fsp3) is 0.917. The summed E-state index contributed by atoms with van der Waals surface area (Å²) in [7, 11) is 0. The molecule has 0 aliphatic carbocycles. The van der Waals surface area contributed by atoms with Crippen LogP contribution < -0.4 is 5.32 Å². The number of aliphatic hydroxyl groups excluding tert-OH is 1. The third kappa shape index (κ3) is 7.66. The Labute approximate surface area is 116 Å². The second kappa shape index (κ2) is 8.43. The zero-order valence-corrected chi connectivity index (χ0v) is 11.3. The first-order valence-corrected chi connectivity index (χ1v) is 6.68. The molecule has 0 aromatic carbocycles. The van der Waals surface area contributed by atoms with Gasteiger partial charge in [0.25, 0.3) is 0 Å². The maximum absolute atomic E-state index is 12.4. The van der Waals surface area contributed by atoms with E-state index in [0.29, 0.717) is 26.1 Å². The summed E-state index contributed by atoms with van der Waals surface area (Å²) < 4.78 is 42.3. The number of carbonyl (C=O) groups is 1. The number of hydrogen-bond donors (Lipinski definition) is 2. The first-order chi connectivity index (χ1) is 9.40. The Hall–Kier alpha value is -0.860. The molecule has 1 heterocycles. The molecule has 0 spiro atoms. The first kappa shape index (κ1) is 17.2. The van der Waals surface area contributed by atoms with E-state index in [2.05, 4.69) is 5.32 Å². The number of hydrogen-bond acceptors (Lipinski definition) is 4. The second-order valence-electron chi connectivity index (χ2n) is 4.86. The SMILES string of the molecule is O=C(CN(CCCO)CC(F)(F)F)NC1CCOCC1. The maximum atomic E-state index is 12.4. The molecule has 1 fully saturated rings. The van der Waals surface area contributed by atoms with Crippen molar-refractivity contribution in [3.05, 3.63) is 0 Å². The van der Waals surface area contributed by atoms with Crippen LogP contribution in [0.4, 0.5) is 13.2 Å². The van der Waals surface area contributed by atoms with Crippen LogP contribution in [-0.4, -0.2) is 67.6 Å². The monoisotopic (exact) mass is 298 g/mol. The van der Waals surface area contributed by atoms with Gasteiger partial charge < -0.3 is 15.2 Å². The van der Waals surface area contributed by atoms with E-state index in [1.54, 1.807) is 0 Å². The number of amides is 1. The van der Waals surface area contributed by atoms with Crippen molar-refractivity contribution >= 4 is 5.91 Å². The van der Waals surface area contributed by atoms with E-state index in [9.17, 15) is 18.0 Å². The van der Waals surface area contributed by atoms with Crippen LogP contribution in [0.1, 0.15) is 19.3 Å². The average Bonchev–Trinajstić information content (AvgIpc) is 2.35. The molecule has 1 rings (SSSR count). The van der Waals surface area contributed by atoms with Gasteiger partial charge in [-0.3, -0.25) is 9.69 Å². The van der Waals surface area contributed by atoms with Crippen molar-refractivity contribution in [3.8, 4) is 0 Å². The Morgan fingerprint density at radius 1 is 1.35 bits per heavy atom.